The van der Waals surface area contributed by atoms with Gasteiger partial charge in [0.2, 0.25) is 5.91 Å². The number of halogens is 7. The number of anilines is 2. The first-order valence-electron chi connectivity index (χ1n) is 13.0. The van der Waals surface area contributed by atoms with E-state index in [1.807, 2.05) is 0 Å². The van der Waals surface area contributed by atoms with Gasteiger partial charge in [-0.25, -0.2) is 8.78 Å². The molecule has 1 N–H and O–H groups in total. The second-order valence-electron chi connectivity index (χ2n) is 9.95. The zero-order chi connectivity index (χ0) is 31.8. The van der Waals surface area contributed by atoms with Crippen LogP contribution in [0.4, 0.5) is 20.2 Å². The molecule has 3 aromatic rings. The maximum absolute atomic E-state index is 15.5. The minimum absolute atomic E-state index is 0.0162. The minimum Gasteiger partial charge on any atom is -0.371 e. The van der Waals surface area contributed by atoms with E-state index < -0.39 is 63.5 Å². The van der Waals surface area contributed by atoms with Gasteiger partial charge in [-0.15, -0.1) is 23.2 Å². The van der Waals surface area contributed by atoms with Crippen LogP contribution in [-0.2, 0) is 20.7 Å². The van der Waals surface area contributed by atoms with Gasteiger partial charge in [0.05, 0.1) is 32.2 Å². The third-order valence-corrected chi connectivity index (χ3v) is 9.16. The Morgan fingerprint density at radius 2 is 1.67 bits per heavy atom. The number of carbonyl (C=O) groups is 3. The molecule has 0 aromatic heterocycles. The van der Waals surface area contributed by atoms with Crippen LogP contribution in [0, 0.1) is 17.6 Å². The minimum atomic E-state index is -1.41. The summed E-state index contributed by atoms with van der Waals surface area (Å²) in [6.45, 7) is 3.44. The number of ketones is 1. The summed E-state index contributed by atoms with van der Waals surface area (Å²) in [5.74, 6) is -5.21. The molecule has 6 nitrogen and oxygen atoms in total. The Bertz CT molecular complexity index is 1600. The average molecular weight is 693 g/mol. The maximum Gasteiger partial charge on any atom is 0.259 e. The molecule has 13 heteroatoms. The fourth-order valence-corrected chi connectivity index (χ4v) is 6.05. The molecule has 0 spiro atoms. The van der Waals surface area contributed by atoms with Gasteiger partial charge in [-0.2, -0.15) is 0 Å². The number of carbonyl (C=O) groups excluding carboxylic acids is 3. The van der Waals surface area contributed by atoms with E-state index in [1.165, 1.54) is 32.2 Å². The first-order valence-corrected chi connectivity index (χ1v) is 14.9. The number of rotatable bonds is 10. The van der Waals surface area contributed by atoms with E-state index in [0.29, 0.717) is 10.6 Å². The van der Waals surface area contributed by atoms with Gasteiger partial charge in [-0.05, 0) is 61.9 Å². The van der Waals surface area contributed by atoms with Crippen molar-refractivity contribution in [2.75, 3.05) is 23.9 Å². The molecule has 0 saturated heterocycles. The molecule has 0 heterocycles. The predicted octanol–water partition coefficient (Wildman–Crippen LogP) is 8.26. The highest BCUT2D eigenvalue weighted by Gasteiger charge is 2.67. The summed E-state index contributed by atoms with van der Waals surface area (Å²) in [4.78, 5) is 39.9. The van der Waals surface area contributed by atoms with Gasteiger partial charge in [-0.1, -0.05) is 40.9 Å². The van der Waals surface area contributed by atoms with E-state index in [9.17, 15) is 18.8 Å². The SMILES string of the molecule is CCOC(C)C(=O)Cc1c(F)ccc(N(C)C(=O)c2cc(NC(=O)[C@H]3[C@H](c4ccc(Cl)c(Cl)c4)C3(Cl)Cl)ccc2Cl)c1F. The van der Waals surface area contributed by atoms with Gasteiger partial charge in [0, 0.05) is 37.2 Å². The summed E-state index contributed by atoms with van der Waals surface area (Å²) in [6, 6.07) is 11.1. The number of alkyl halides is 2. The monoisotopic (exact) mass is 690 g/mol. The average Bonchev–Trinajstić information content (AvgIpc) is 3.54. The van der Waals surface area contributed by atoms with Gasteiger partial charge in [-0.3, -0.25) is 14.4 Å². The molecule has 228 valence electrons. The number of nitrogens with zero attached hydrogens (tertiary/aromatic N) is 1. The molecule has 1 aliphatic carbocycles. The molecule has 43 heavy (non-hydrogen) atoms. The first-order chi connectivity index (χ1) is 20.2. The molecule has 3 atom stereocenters. The molecule has 0 aliphatic heterocycles. The van der Waals surface area contributed by atoms with Gasteiger partial charge in [0.1, 0.15) is 16.3 Å². The molecular weight excluding hydrogens is 668 g/mol. The van der Waals surface area contributed by atoms with Gasteiger partial charge < -0.3 is 15.0 Å². The summed E-state index contributed by atoms with van der Waals surface area (Å²) in [5.41, 5.74) is -0.0189. The lowest BCUT2D eigenvalue weighted by Crippen LogP contribution is -2.29. The van der Waals surface area contributed by atoms with E-state index in [4.69, 9.17) is 62.7 Å². The summed E-state index contributed by atoms with van der Waals surface area (Å²) in [6.07, 6.45) is -1.43. The van der Waals surface area contributed by atoms with Gasteiger partial charge >= 0.3 is 0 Å². The lowest BCUT2D eigenvalue weighted by atomic mass is 10.0. The van der Waals surface area contributed by atoms with Crippen LogP contribution in [0.1, 0.15) is 41.3 Å². The van der Waals surface area contributed by atoms with Crippen molar-refractivity contribution < 1.29 is 27.9 Å². The van der Waals surface area contributed by atoms with Crippen LogP contribution in [0.25, 0.3) is 0 Å². The Labute approximate surface area is 272 Å². The summed E-state index contributed by atoms with van der Waals surface area (Å²) in [7, 11) is 1.27. The molecule has 4 rings (SSSR count). The molecule has 0 bridgehead atoms. The van der Waals surface area contributed by atoms with Crippen molar-refractivity contribution in [3.05, 3.63) is 91.9 Å². The van der Waals surface area contributed by atoms with Gasteiger partial charge in [0.15, 0.2) is 11.6 Å². The second kappa shape index (κ2) is 13.3. The Morgan fingerprint density at radius 3 is 2.33 bits per heavy atom. The van der Waals surface area contributed by atoms with Crippen molar-refractivity contribution in [3.63, 3.8) is 0 Å². The van der Waals surface area contributed by atoms with E-state index in [0.717, 1.165) is 17.0 Å². The van der Waals surface area contributed by atoms with Gasteiger partial charge in [0.25, 0.3) is 5.91 Å². The molecule has 3 aromatic carbocycles. The summed E-state index contributed by atoms with van der Waals surface area (Å²) >= 11 is 31.3. The molecule has 0 radical (unpaired) electrons. The predicted molar refractivity (Wildman–Crippen MR) is 166 cm³/mol. The second-order valence-corrected chi connectivity index (χ2v) is 12.6. The van der Waals surface area contributed by atoms with Crippen molar-refractivity contribution in [3.8, 4) is 0 Å². The molecule has 1 fully saturated rings. The zero-order valence-electron chi connectivity index (χ0n) is 23.0. The van der Waals surface area contributed by atoms with Crippen LogP contribution >= 0.6 is 58.0 Å². The lowest BCUT2D eigenvalue weighted by Gasteiger charge is -2.21. The van der Waals surface area contributed by atoms with Crippen LogP contribution < -0.4 is 10.2 Å². The molecule has 2 amide bonds. The smallest absolute Gasteiger partial charge is 0.259 e. The molecule has 1 unspecified atom stereocenters. The van der Waals surface area contributed by atoms with Crippen molar-refractivity contribution in [2.24, 2.45) is 5.92 Å². The van der Waals surface area contributed by atoms with Crippen molar-refractivity contribution in [1.82, 2.24) is 0 Å². The van der Waals surface area contributed by atoms with E-state index in [2.05, 4.69) is 5.32 Å². The van der Waals surface area contributed by atoms with E-state index in [1.54, 1.807) is 25.1 Å². The number of amides is 2. The van der Waals surface area contributed by atoms with Crippen molar-refractivity contribution in [1.29, 1.82) is 0 Å². The van der Waals surface area contributed by atoms with Crippen molar-refractivity contribution in [2.45, 2.75) is 36.6 Å². The fraction of sp³-hybridized carbons (Fsp3) is 0.300. The number of Topliss-reactive ketones (excluding diaryl/α,β-unsaturated/α-hetero) is 1. The number of ether oxygens (including phenoxy) is 1. The normalized spacial score (nSPS) is 17.7. The summed E-state index contributed by atoms with van der Waals surface area (Å²) < 4.78 is 33.8. The van der Waals surface area contributed by atoms with Crippen LogP contribution in [0.5, 0.6) is 0 Å². The standard InChI is InChI=1S/C30H25Cl5F2N2O4/c1-4-43-14(2)24(40)13-18-22(36)9-10-23(27(18)37)39(3)29(42)17-12-16(6-8-19(17)31)38-28(41)26-25(30(26,34)35)15-5-7-20(32)21(33)11-15/h5-12,14,25-26H,4,13H2,1-3H3,(H,38,41)/t14?,25-,26+/m0/s1. The van der Waals surface area contributed by atoms with Crippen LogP contribution in [0.3, 0.4) is 0 Å². The van der Waals surface area contributed by atoms with Crippen LogP contribution in [0.15, 0.2) is 48.5 Å². The highest BCUT2D eigenvalue weighted by Crippen LogP contribution is 2.65. The van der Waals surface area contributed by atoms with Crippen LogP contribution in [-0.4, -0.2) is 41.7 Å². The Hall–Kier alpha value is -2.46. The number of nitrogens with one attached hydrogen (secondary N) is 1. The Morgan fingerprint density at radius 1 is 1.00 bits per heavy atom. The van der Waals surface area contributed by atoms with E-state index >= 15 is 4.39 Å². The lowest BCUT2D eigenvalue weighted by molar-refractivity contribution is -0.128. The third-order valence-electron chi connectivity index (χ3n) is 7.16. The van der Waals surface area contributed by atoms with E-state index in [-0.39, 0.29) is 33.6 Å². The first kappa shape index (κ1) is 33.4. The number of benzene rings is 3. The zero-order valence-corrected chi connectivity index (χ0v) is 26.8. The molecular formula is C30H25Cl5F2N2O4. The quantitative estimate of drug-likeness (QED) is 0.217. The van der Waals surface area contributed by atoms with Crippen molar-refractivity contribution >= 4 is 87.0 Å². The molecule has 1 aliphatic rings. The Kier molecular flexibility index (Phi) is 10.3. The fourth-order valence-electron chi connectivity index (χ4n) is 4.72. The number of hydrogen-bond acceptors (Lipinski definition) is 4. The third kappa shape index (κ3) is 6.95. The summed E-state index contributed by atoms with van der Waals surface area (Å²) in [5, 5.41) is 3.33. The molecule has 1 saturated carbocycles. The highest BCUT2D eigenvalue weighted by molar-refractivity contribution is 6.53. The highest BCUT2D eigenvalue weighted by atomic mass is 35.5. The Balaban J connectivity index is 1.54. The maximum atomic E-state index is 15.5. The topological polar surface area (TPSA) is 75.7 Å². The van der Waals surface area contributed by atoms with Crippen LogP contribution in [0.2, 0.25) is 15.1 Å². The largest absolute Gasteiger partial charge is 0.371 e. The number of hydrogen-bond donors (Lipinski definition) is 1.